The van der Waals surface area contributed by atoms with E-state index in [1.54, 1.807) is 7.11 Å². The third-order valence-corrected chi connectivity index (χ3v) is 4.41. The third-order valence-electron chi connectivity index (χ3n) is 3.56. The van der Waals surface area contributed by atoms with Gasteiger partial charge in [-0.2, -0.15) is 8.78 Å². The summed E-state index contributed by atoms with van der Waals surface area (Å²) in [6, 6.07) is 12.9. The number of nitrogens with zero attached hydrogens (tertiary/aromatic N) is 2. The van der Waals surface area contributed by atoms with Crippen LogP contribution in [0, 0.1) is 0 Å². The summed E-state index contributed by atoms with van der Waals surface area (Å²) in [6.07, 6.45) is 0. The van der Waals surface area contributed by atoms with Crippen molar-refractivity contribution in [1.29, 1.82) is 0 Å². The van der Waals surface area contributed by atoms with Crippen LogP contribution in [0.1, 0.15) is 10.4 Å². The Bertz CT molecular complexity index is 899. The summed E-state index contributed by atoms with van der Waals surface area (Å²) in [4.78, 5) is 16.6. The number of alkyl halides is 2. The van der Waals surface area contributed by atoms with Crippen molar-refractivity contribution in [3.63, 3.8) is 0 Å². The second kappa shape index (κ2) is 8.63. The Kier molecular flexibility index (Phi) is 6.02. The maximum atomic E-state index is 12.2. The lowest BCUT2D eigenvalue weighted by Crippen LogP contribution is -2.04. The van der Waals surface area contributed by atoms with Gasteiger partial charge < -0.3 is 9.47 Å². The molecule has 9 heteroatoms. The first-order valence-electron chi connectivity index (χ1n) is 7.83. The fourth-order valence-electron chi connectivity index (χ4n) is 2.22. The molecule has 3 aromatic rings. The Hall–Kier alpha value is -2.94. The van der Waals surface area contributed by atoms with E-state index in [-0.39, 0.29) is 17.3 Å². The van der Waals surface area contributed by atoms with Crippen LogP contribution in [0.4, 0.5) is 8.78 Å². The number of hydrogen-bond donors (Lipinski definition) is 1. The fourth-order valence-corrected chi connectivity index (χ4v) is 2.92. The number of aromatic amines is 1. The van der Waals surface area contributed by atoms with Crippen molar-refractivity contribution in [3.05, 3.63) is 54.1 Å². The lowest BCUT2D eigenvalue weighted by atomic mass is 10.1. The van der Waals surface area contributed by atoms with Gasteiger partial charge in [-0.1, -0.05) is 11.8 Å². The van der Waals surface area contributed by atoms with Gasteiger partial charge in [0.1, 0.15) is 11.5 Å². The standard InChI is InChI=1S/C18H15F2N3O3S/c1-25-13-6-4-12(5-7-13)16-21-18(23-22-16)27-10-15(24)11-2-8-14(9-3-11)26-17(19)20/h2-9,17H,10H2,1H3,(H,21,22,23). The minimum atomic E-state index is -2.90. The number of ketones is 1. The minimum absolute atomic E-state index is 0.00676. The predicted octanol–water partition coefficient (Wildman–Crippen LogP) is 4.06. The molecule has 0 aliphatic rings. The van der Waals surface area contributed by atoms with E-state index in [1.165, 1.54) is 36.0 Å². The first kappa shape index (κ1) is 18.8. The van der Waals surface area contributed by atoms with Gasteiger partial charge >= 0.3 is 6.61 Å². The van der Waals surface area contributed by atoms with Crippen LogP contribution < -0.4 is 9.47 Å². The summed E-state index contributed by atoms with van der Waals surface area (Å²) in [5.74, 6) is 1.28. The van der Waals surface area contributed by atoms with Gasteiger partial charge in [-0.15, -0.1) is 5.10 Å². The number of hydrogen-bond acceptors (Lipinski definition) is 6. The van der Waals surface area contributed by atoms with Gasteiger partial charge in [0, 0.05) is 11.1 Å². The zero-order valence-electron chi connectivity index (χ0n) is 14.2. The number of benzene rings is 2. The van der Waals surface area contributed by atoms with Crippen LogP contribution >= 0.6 is 11.8 Å². The van der Waals surface area contributed by atoms with Gasteiger partial charge in [0.05, 0.1) is 12.9 Å². The van der Waals surface area contributed by atoms with Gasteiger partial charge in [-0.25, -0.2) is 4.98 Å². The highest BCUT2D eigenvalue weighted by atomic mass is 32.2. The molecule has 0 saturated carbocycles. The molecule has 6 nitrogen and oxygen atoms in total. The first-order valence-corrected chi connectivity index (χ1v) is 8.81. The maximum Gasteiger partial charge on any atom is 0.387 e. The maximum absolute atomic E-state index is 12.2. The Labute approximate surface area is 157 Å². The number of aromatic nitrogens is 3. The Balaban J connectivity index is 1.58. The summed E-state index contributed by atoms with van der Waals surface area (Å²) >= 11 is 1.18. The van der Waals surface area contributed by atoms with Crippen LogP contribution in [-0.4, -0.2) is 40.4 Å². The van der Waals surface area contributed by atoms with Crippen LogP contribution in [0.2, 0.25) is 0 Å². The summed E-state index contributed by atoms with van der Waals surface area (Å²) < 4.78 is 33.6. The Morgan fingerprint density at radius 3 is 2.41 bits per heavy atom. The molecular formula is C18H15F2N3O3S. The van der Waals surface area contributed by atoms with Crippen molar-refractivity contribution < 1.29 is 23.0 Å². The molecule has 0 saturated heterocycles. The number of methoxy groups -OCH3 is 1. The van der Waals surface area contributed by atoms with E-state index in [2.05, 4.69) is 19.9 Å². The SMILES string of the molecule is COc1ccc(-c2nc(SCC(=O)c3ccc(OC(F)F)cc3)n[nH]2)cc1. The van der Waals surface area contributed by atoms with Crippen LogP contribution in [0.3, 0.4) is 0 Å². The molecule has 140 valence electrons. The van der Waals surface area contributed by atoms with Crippen LogP contribution in [0.5, 0.6) is 11.5 Å². The van der Waals surface area contributed by atoms with Crippen LogP contribution in [0.15, 0.2) is 53.7 Å². The average molecular weight is 391 g/mol. The average Bonchev–Trinajstić information content (AvgIpc) is 3.15. The summed E-state index contributed by atoms with van der Waals surface area (Å²) in [5.41, 5.74) is 1.24. The molecule has 3 rings (SSSR count). The highest BCUT2D eigenvalue weighted by Gasteiger charge is 2.12. The van der Waals surface area contributed by atoms with Crippen molar-refractivity contribution in [2.45, 2.75) is 11.8 Å². The zero-order valence-corrected chi connectivity index (χ0v) is 15.0. The summed E-state index contributed by atoms with van der Waals surface area (Å²) in [6.45, 7) is -2.90. The summed E-state index contributed by atoms with van der Waals surface area (Å²) in [7, 11) is 1.59. The first-order chi connectivity index (χ1) is 13.0. The summed E-state index contributed by atoms with van der Waals surface area (Å²) in [5, 5.41) is 7.35. The number of ether oxygens (including phenoxy) is 2. The molecule has 1 aromatic heterocycles. The quantitative estimate of drug-likeness (QED) is 0.461. The number of carbonyl (C=O) groups excluding carboxylic acids is 1. The number of Topliss-reactive ketones (excluding diaryl/α,β-unsaturated/α-hetero) is 1. The minimum Gasteiger partial charge on any atom is -0.497 e. The lowest BCUT2D eigenvalue weighted by Gasteiger charge is -2.05. The molecule has 0 aliphatic carbocycles. The van der Waals surface area contributed by atoms with Crippen LogP contribution in [0.25, 0.3) is 11.4 Å². The molecule has 0 aliphatic heterocycles. The normalized spacial score (nSPS) is 10.8. The van der Waals surface area contributed by atoms with Gasteiger partial charge in [-0.3, -0.25) is 9.89 Å². The van der Waals surface area contributed by atoms with Crippen molar-refractivity contribution in [2.75, 3.05) is 12.9 Å². The topological polar surface area (TPSA) is 77.1 Å². The number of halogens is 2. The second-order valence-electron chi connectivity index (χ2n) is 5.31. The van der Waals surface area contributed by atoms with E-state index < -0.39 is 6.61 Å². The number of H-pyrrole nitrogens is 1. The molecule has 1 N–H and O–H groups in total. The molecule has 1 heterocycles. The molecule has 0 amide bonds. The third kappa shape index (κ3) is 5.04. The van der Waals surface area contributed by atoms with E-state index in [0.29, 0.717) is 16.5 Å². The monoisotopic (exact) mass is 391 g/mol. The predicted molar refractivity (Wildman–Crippen MR) is 96.5 cm³/mol. The van der Waals surface area contributed by atoms with Crippen LogP contribution in [-0.2, 0) is 0 Å². The van der Waals surface area contributed by atoms with Crippen molar-refractivity contribution >= 4 is 17.5 Å². The molecule has 2 aromatic carbocycles. The Morgan fingerprint density at radius 1 is 1.11 bits per heavy atom. The molecule has 0 unspecified atom stereocenters. The van der Waals surface area contributed by atoms with Crippen molar-refractivity contribution in [2.24, 2.45) is 0 Å². The van der Waals surface area contributed by atoms with E-state index in [4.69, 9.17) is 4.74 Å². The lowest BCUT2D eigenvalue weighted by molar-refractivity contribution is -0.0498. The molecule has 0 atom stereocenters. The van der Waals surface area contributed by atoms with E-state index in [0.717, 1.165) is 11.3 Å². The molecule has 0 radical (unpaired) electrons. The second-order valence-corrected chi connectivity index (χ2v) is 6.25. The molecule has 0 spiro atoms. The van der Waals surface area contributed by atoms with Gasteiger partial charge in [0.2, 0.25) is 5.16 Å². The van der Waals surface area contributed by atoms with E-state index in [9.17, 15) is 13.6 Å². The van der Waals surface area contributed by atoms with Crippen molar-refractivity contribution in [1.82, 2.24) is 15.2 Å². The number of rotatable bonds is 8. The van der Waals surface area contributed by atoms with Gasteiger partial charge in [0.15, 0.2) is 11.6 Å². The van der Waals surface area contributed by atoms with E-state index in [1.807, 2.05) is 24.3 Å². The fraction of sp³-hybridized carbons (Fsp3) is 0.167. The van der Waals surface area contributed by atoms with Crippen molar-refractivity contribution in [3.8, 4) is 22.9 Å². The molecular weight excluding hydrogens is 376 g/mol. The van der Waals surface area contributed by atoms with Gasteiger partial charge in [0.25, 0.3) is 0 Å². The highest BCUT2D eigenvalue weighted by Crippen LogP contribution is 2.22. The van der Waals surface area contributed by atoms with Gasteiger partial charge in [-0.05, 0) is 48.5 Å². The smallest absolute Gasteiger partial charge is 0.387 e. The highest BCUT2D eigenvalue weighted by molar-refractivity contribution is 7.99. The molecule has 27 heavy (non-hydrogen) atoms. The molecule has 0 bridgehead atoms. The Morgan fingerprint density at radius 2 is 1.78 bits per heavy atom. The number of carbonyl (C=O) groups is 1. The zero-order chi connectivity index (χ0) is 19.2. The number of thioether (sulfide) groups is 1. The number of nitrogens with one attached hydrogen (secondary N) is 1. The molecule has 0 fully saturated rings. The van der Waals surface area contributed by atoms with E-state index >= 15 is 0 Å². The largest absolute Gasteiger partial charge is 0.497 e.